The molecule has 0 aromatic heterocycles. The van der Waals surface area contributed by atoms with Gasteiger partial charge < -0.3 is 5.32 Å². The molecule has 1 aromatic carbocycles. The van der Waals surface area contributed by atoms with Gasteiger partial charge in [0, 0.05) is 18.3 Å². The fourth-order valence-corrected chi connectivity index (χ4v) is 1.50. The van der Waals surface area contributed by atoms with E-state index in [0.717, 1.165) is 11.3 Å². The number of rotatable bonds is 3. The van der Waals surface area contributed by atoms with E-state index in [0.29, 0.717) is 0 Å². The average Bonchev–Trinajstić information content (AvgIpc) is 2.18. The van der Waals surface area contributed by atoms with Gasteiger partial charge in [0.05, 0.1) is 0 Å². The Hall–Kier alpha value is -1.50. The van der Waals surface area contributed by atoms with Crippen molar-refractivity contribution in [2.24, 2.45) is 0 Å². The van der Waals surface area contributed by atoms with Crippen LogP contribution in [0.1, 0.15) is 25.0 Å². The van der Waals surface area contributed by atoms with E-state index >= 15 is 0 Å². The molecule has 74 valence electrons. The molecule has 0 saturated carbocycles. The minimum Gasteiger partial charge on any atom is -0.388 e. The van der Waals surface area contributed by atoms with E-state index in [9.17, 15) is 0 Å². The molecule has 0 fully saturated rings. The molecule has 0 spiro atoms. The minimum atomic E-state index is 1.09. The van der Waals surface area contributed by atoms with Crippen molar-refractivity contribution < 1.29 is 0 Å². The summed E-state index contributed by atoms with van der Waals surface area (Å²) in [6.07, 6.45) is 4.15. The van der Waals surface area contributed by atoms with Gasteiger partial charge in [0.1, 0.15) is 0 Å². The lowest BCUT2D eigenvalue weighted by molar-refractivity contribution is 1.46. The summed E-state index contributed by atoms with van der Waals surface area (Å²) < 4.78 is 0. The normalized spacial score (nSPS) is 10.5. The highest BCUT2D eigenvalue weighted by molar-refractivity contribution is 5.79. The van der Waals surface area contributed by atoms with Crippen LogP contribution in [0.5, 0.6) is 0 Å². The molecule has 0 atom stereocenters. The van der Waals surface area contributed by atoms with E-state index in [2.05, 4.69) is 30.1 Å². The molecular weight excluding hydrogens is 170 g/mol. The highest BCUT2D eigenvalue weighted by atomic mass is 14.8. The Morgan fingerprint density at radius 3 is 2.64 bits per heavy atom. The number of allylic oxidation sites excluding steroid dienone is 2. The van der Waals surface area contributed by atoms with Crippen LogP contribution >= 0.6 is 0 Å². The second kappa shape index (κ2) is 4.66. The predicted molar refractivity (Wildman–Crippen MR) is 65.4 cm³/mol. The smallest absolute Gasteiger partial charge is 0.0417 e. The second-order valence-electron chi connectivity index (χ2n) is 3.30. The van der Waals surface area contributed by atoms with Crippen LogP contribution in [-0.4, -0.2) is 7.05 Å². The van der Waals surface area contributed by atoms with Crippen LogP contribution < -0.4 is 5.32 Å². The largest absolute Gasteiger partial charge is 0.388 e. The van der Waals surface area contributed by atoms with Gasteiger partial charge in [-0.2, -0.15) is 0 Å². The summed E-state index contributed by atoms with van der Waals surface area (Å²) in [4.78, 5) is 0. The molecule has 0 unspecified atom stereocenters. The molecule has 0 amide bonds. The van der Waals surface area contributed by atoms with Gasteiger partial charge in [-0.1, -0.05) is 36.4 Å². The molecule has 0 aliphatic carbocycles. The fourth-order valence-electron chi connectivity index (χ4n) is 1.50. The first kappa shape index (κ1) is 10.6. The standard InChI is InChI=1S/C13H17N/c1-5-7-12-11(10(2)3)8-6-9-13(12)14-4/h5-9,14H,2H2,1,3-4H3/b7-5-. The molecular formula is C13H17N. The van der Waals surface area contributed by atoms with E-state index in [1.165, 1.54) is 11.1 Å². The van der Waals surface area contributed by atoms with E-state index in [-0.39, 0.29) is 0 Å². The summed E-state index contributed by atoms with van der Waals surface area (Å²) in [5.74, 6) is 0. The third-order valence-electron chi connectivity index (χ3n) is 2.17. The monoisotopic (exact) mass is 187 g/mol. The lowest BCUT2D eigenvalue weighted by Crippen LogP contribution is -1.94. The Morgan fingerprint density at radius 2 is 2.14 bits per heavy atom. The van der Waals surface area contributed by atoms with Crippen LogP contribution in [-0.2, 0) is 0 Å². The van der Waals surface area contributed by atoms with E-state index in [4.69, 9.17) is 0 Å². The summed E-state index contributed by atoms with van der Waals surface area (Å²) >= 11 is 0. The Kier molecular flexibility index (Phi) is 3.52. The van der Waals surface area contributed by atoms with Crippen LogP contribution in [0.3, 0.4) is 0 Å². The third-order valence-corrected chi connectivity index (χ3v) is 2.17. The van der Waals surface area contributed by atoms with Crippen molar-refractivity contribution in [3.8, 4) is 0 Å². The summed E-state index contributed by atoms with van der Waals surface area (Å²) in [7, 11) is 1.94. The molecule has 0 aliphatic rings. The van der Waals surface area contributed by atoms with Crippen LogP contribution in [0.4, 0.5) is 5.69 Å². The zero-order chi connectivity index (χ0) is 10.6. The van der Waals surface area contributed by atoms with Crippen molar-refractivity contribution in [1.29, 1.82) is 0 Å². The maximum atomic E-state index is 3.98. The molecule has 1 rings (SSSR count). The maximum absolute atomic E-state index is 3.98. The molecule has 0 heterocycles. The zero-order valence-corrected chi connectivity index (χ0v) is 9.09. The van der Waals surface area contributed by atoms with Crippen LogP contribution in [0.25, 0.3) is 11.6 Å². The van der Waals surface area contributed by atoms with Gasteiger partial charge in [-0.05, 0) is 25.5 Å². The van der Waals surface area contributed by atoms with Crippen molar-refractivity contribution in [1.82, 2.24) is 0 Å². The molecule has 14 heavy (non-hydrogen) atoms. The van der Waals surface area contributed by atoms with E-state index in [1.807, 2.05) is 33.0 Å². The molecule has 0 radical (unpaired) electrons. The summed E-state index contributed by atoms with van der Waals surface area (Å²) in [5.41, 5.74) is 4.65. The van der Waals surface area contributed by atoms with Crippen molar-refractivity contribution >= 4 is 17.3 Å². The molecule has 0 aliphatic heterocycles. The van der Waals surface area contributed by atoms with Crippen molar-refractivity contribution in [2.45, 2.75) is 13.8 Å². The SMILES string of the molecule is C=C(C)c1cccc(NC)c1/C=C\C. The number of hydrogen-bond donors (Lipinski definition) is 1. The molecule has 1 heteroatoms. The van der Waals surface area contributed by atoms with Gasteiger partial charge in [-0.15, -0.1) is 0 Å². The molecule has 1 N–H and O–H groups in total. The van der Waals surface area contributed by atoms with Crippen LogP contribution in [0.15, 0.2) is 30.9 Å². The number of benzene rings is 1. The second-order valence-corrected chi connectivity index (χ2v) is 3.30. The van der Waals surface area contributed by atoms with Gasteiger partial charge in [-0.3, -0.25) is 0 Å². The average molecular weight is 187 g/mol. The van der Waals surface area contributed by atoms with Gasteiger partial charge in [0.15, 0.2) is 0 Å². The summed E-state index contributed by atoms with van der Waals surface area (Å²) in [6.45, 7) is 8.03. The van der Waals surface area contributed by atoms with E-state index in [1.54, 1.807) is 0 Å². The third kappa shape index (κ3) is 2.05. The van der Waals surface area contributed by atoms with Crippen molar-refractivity contribution in [2.75, 3.05) is 12.4 Å². The Labute approximate surface area is 86.2 Å². The van der Waals surface area contributed by atoms with Gasteiger partial charge in [0.2, 0.25) is 0 Å². The Morgan fingerprint density at radius 1 is 1.43 bits per heavy atom. The van der Waals surface area contributed by atoms with Crippen molar-refractivity contribution in [3.05, 3.63) is 42.0 Å². The minimum absolute atomic E-state index is 1.09. The highest BCUT2D eigenvalue weighted by Crippen LogP contribution is 2.25. The van der Waals surface area contributed by atoms with Crippen molar-refractivity contribution in [3.63, 3.8) is 0 Å². The first-order valence-electron chi connectivity index (χ1n) is 4.80. The summed E-state index contributed by atoms with van der Waals surface area (Å²) in [6, 6.07) is 6.21. The zero-order valence-electron chi connectivity index (χ0n) is 9.09. The van der Waals surface area contributed by atoms with Crippen LogP contribution in [0.2, 0.25) is 0 Å². The van der Waals surface area contributed by atoms with Crippen LogP contribution in [0, 0.1) is 0 Å². The number of hydrogen-bond acceptors (Lipinski definition) is 1. The Balaban J connectivity index is 3.35. The number of nitrogens with one attached hydrogen (secondary N) is 1. The molecule has 1 aromatic rings. The highest BCUT2D eigenvalue weighted by Gasteiger charge is 2.03. The first-order valence-corrected chi connectivity index (χ1v) is 4.80. The number of anilines is 1. The first-order chi connectivity index (χ1) is 6.70. The Bertz CT molecular complexity index is 361. The van der Waals surface area contributed by atoms with Gasteiger partial charge >= 0.3 is 0 Å². The fraction of sp³-hybridized carbons (Fsp3) is 0.231. The lowest BCUT2D eigenvalue weighted by Gasteiger charge is -2.11. The molecule has 0 saturated heterocycles. The van der Waals surface area contributed by atoms with E-state index < -0.39 is 0 Å². The lowest BCUT2D eigenvalue weighted by atomic mass is 10.00. The molecule has 0 bridgehead atoms. The van der Waals surface area contributed by atoms with Gasteiger partial charge in [0.25, 0.3) is 0 Å². The molecule has 1 nitrogen and oxygen atoms in total. The maximum Gasteiger partial charge on any atom is 0.0417 e. The quantitative estimate of drug-likeness (QED) is 0.759. The topological polar surface area (TPSA) is 12.0 Å². The van der Waals surface area contributed by atoms with Gasteiger partial charge in [-0.25, -0.2) is 0 Å². The summed E-state index contributed by atoms with van der Waals surface area (Å²) in [5, 5.41) is 3.18. The predicted octanol–water partition coefficient (Wildman–Crippen LogP) is 3.79.